The van der Waals surface area contributed by atoms with Crippen molar-refractivity contribution in [2.24, 2.45) is 0 Å². The lowest BCUT2D eigenvalue weighted by molar-refractivity contribution is 0.671. The number of thioether (sulfide) groups is 1. The molecule has 1 aliphatic carbocycles. The zero-order valence-corrected chi connectivity index (χ0v) is 9.62. The van der Waals surface area contributed by atoms with E-state index in [1.165, 1.54) is 17.7 Å². The van der Waals surface area contributed by atoms with Crippen LogP contribution in [0.2, 0.25) is 0 Å². The Labute approximate surface area is 92.7 Å². The van der Waals surface area contributed by atoms with Crippen molar-refractivity contribution in [3.8, 4) is 0 Å². The van der Waals surface area contributed by atoms with E-state index in [9.17, 15) is 4.79 Å². The molecule has 1 fully saturated rings. The van der Waals surface area contributed by atoms with Gasteiger partial charge < -0.3 is 0 Å². The molecule has 0 bridgehead atoms. The van der Waals surface area contributed by atoms with Gasteiger partial charge in [-0.2, -0.15) is 5.10 Å². The summed E-state index contributed by atoms with van der Waals surface area (Å²) in [5, 5.41) is 6.92. The van der Waals surface area contributed by atoms with Gasteiger partial charge in [0, 0.05) is 15.9 Å². The zero-order chi connectivity index (χ0) is 10.5. The monoisotopic (exact) mass is 222 g/mol. The second-order valence-electron chi connectivity index (χ2n) is 4.72. The molecule has 15 heavy (non-hydrogen) atoms. The summed E-state index contributed by atoms with van der Waals surface area (Å²) in [7, 11) is 0. The van der Waals surface area contributed by atoms with Crippen molar-refractivity contribution >= 4 is 11.8 Å². The molecule has 0 unspecified atom stereocenters. The van der Waals surface area contributed by atoms with Crippen molar-refractivity contribution in [1.82, 2.24) is 10.2 Å². The van der Waals surface area contributed by atoms with Crippen molar-refractivity contribution in [1.29, 1.82) is 0 Å². The quantitative estimate of drug-likeness (QED) is 0.789. The highest BCUT2D eigenvalue weighted by atomic mass is 32.2. The van der Waals surface area contributed by atoms with Gasteiger partial charge in [-0.1, -0.05) is 6.92 Å². The van der Waals surface area contributed by atoms with E-state index in [4.69, 9.17) is 0 Å². The summed E-state index contributed by atoms with van der Waals surface area (Å²) in [5.41, 5.74) is 2.38. The number of fused-ring (bicyclic) bond motifs is 1. The predicted molar refractivity (Wildman–Crippen MR) is 60.5 cm³/mol. The summed E-state index contributed by atoms with van der Waals surface area (Å²) < 4.78 is 0. The van der Waals surface area contributed by atoms with E-state index in [1.807, 2.05) is 11.8 Å². The van der Waals surface area contributed by atoms with Gasteiger partial charge in [0.05, 0.1) is 5.69 Å². The predicted octanol–water partition coefficient (Wildman–Crippen LogP) is 1.86. The Morgan fingerprint density at radius 2 is 2.27 bits per heavy atom. The van der Waals surface area contributed by atoms with Crippen LogP contribution in [0.5, 0.6) is 0 Å². The first-order chi connectivity index (χ1) is 7.21. The normalized spacial score (nSPS) is 22.2. The fraction of sp³-hybridized carbons (Fsp3) is 0.636. The van der Waals surface area contributed by atoms with Crippen LogP contribution in [0.15, 0.2) is 9.69 Å². The Morgan fingerprint density at radius 1 is 1.47 bits per heavy atom. The lowest BCUT2D eigenvalue weighted by Crippen LogP contribution is -2.23. The Balaban J connectivity index is 2.20. The molecule has 0 spiro atoms. The maximum Gasteiger partial charge on any atom is 0.268 e. The van der Waals surface area contributed by atoms with E-state index in [2.05, 4.69) is 17.1 Å². The van der Waals surface area contributed by atoms with Crippen LogP contribution >= 0.6 is 11.8 Å². The highest BCUT2D eigenvalue weighted by Crippen LogP contribution is 2.50. The van der Waals surface area contributed by atoms with Crippen LogP contribution in [0.3, 0.4) is 0 Å². The van der Waals surface area contributed by atoms with E-state index >= 15 is 0 Å². The molecule has 3 nitrogen and oxygen atoms in total. The summed E-state index contributed by atoms with van der Waals surface area (Å²) in [5.74, 6) is 1.13. The largest absolute Gasteiger partial charge is 0.268 e. The highest BCUT2D eigenvalue weighted by Gasteiger charge is 2.43. The first-order valence-electron chi connectivity index (χ1n) is 5.45. The molecular formula is C11H14N2OS. The lowest BCUT2D eigenvalue weighted by atomic mass is 10.0. The number of nitrogens with zero attached hydrogens (tertiary/aromatic N) is 1. The van der Waals surface area contributed by atoms with Crippen LogP contribution in [0.4, 0.5) is 0 Å². The van der Waals surface area contributed by atoms with E-state index in [0.717, 1.165) is 29.9 Å². The van der Waals surface area contributed by atoms with Gasteiger partial charge in [-0.3, -0.25) is 4.79 Å². The van der Waals surface area contributed by atoms with Gasteiger partial charge in [-0.15, -0.1) is 11.8 Å². The molecule has 0 aromatic carbocycles. The molecule has 80 valence electrons. The van der Waals surface area contributed by atoms with Crippen LogP contribution in [0.1, 0.15) is 37.4 Å². The fourth-order valence-electron chi connectivity index (χ4n) is 2.11. The summed E-state index contributed by atoms with van der Waals surface area (Å²) >= 11 is 1.81. The van der Waals surface area contributed by atoms with Gasteiger partial charge in [0.2, 0.25) is 0 Å². The molecule has 1 aliphatic heterocycles. The summed E-state index contributed by atoms with van der Waals surface area (Å²) in [6.07, 6.45) is 4.45. The standard InChI is InChI=1S/C11H14N2OS/c1-11(4-5-11)9-8-7(3-2-6-15-8)10(14)13-12-9/h2-6H2,1H3,(H,13,14). The molecule has 1 N–H and O–H groups in total. The van der Waals surface area contributed by atoms with Crippen molar-refractivity contribution in [3.63, 3.8) is 0 Å². The van der Waals surface area contributed by atoms with Crippen molar-refractivity contribution < 1.29 is 0 Å². The molecular weight excluding hydrogens is 208 g/mol. The summed E-state index contributed by atoms with van der Waals surface area (Å²) in [6.45, 7) is 2.24. The van der Waals surface area contributed by atoms with Gasteiger partial charge >= 0.3 is 0 Å². The third kappa shape index (κ3) is 1.42. The third-order valence-corrected chi connectivity index (χ3v) is 4.64. The fourth-order valence-corrected chi connectivity index (χ4v) is 3.40. The molecule has 3 rings (SSSR count). The molecule has 0 saturated heterocycles. The van der Waals surface area contributed by atoms with Gasteiger partial charge in [-0.25, -0.2) is 5.10 Å². The van der Waals surface area contributed by atoms with Crippen molar-refractivity contribution in [2.75, 3.05) is 5.75 Å². The van der Waals surface area contributed by atoms with Crippen LogP contribution in [-0.4, -0.2) is 16.0 Å². The number of nitrogens with one attached hydrogen (secondary N) is 1. The minimum absolute atomic E-state index is 0.0187. The van der Waals surface area contributed by atoms with Crippen molar-refractivity contribution in [3.05, 3.63) is 21.6 Å². The maximum atomic E-state index is 11.6. The zero-order valence-electron chi connectivity index (χ0n) is 8.80. The third-order valence-electron chi connectivity index (χ3n) is 3.42. The SMILES string of the molecule is CC1(c2n[nH]c(=O)c3c2SCCC3)CC1. The van der Waals surface area contributed by atoms with E-state index in [1.54, 1.807) is 0 Å². The van der Waals surface area contributed by atoms with Gasteiger partial charge in [0.25, 0.3) is 5.56 Å². The molecule has 1 saturated carbocycles. The topological polar surface area (TPSA) is 45.8 Å². The molecule has 1 aromatic rings. The van der Waals surface area contributed by atoms with Crippen LogP contribution in [-0.2, 0) is 11.8 Å². The molecule has 0 amide bonds. The Morgan fingerprint density at radius 3 is 3.00 bits per heavy atom. The second-order valence-corrected chi connectivity index (χ2v) is 5.83. The summed E-state index contributed by atoms with van der Waals surface area (Å²) in [6, 6.07) is 0. The van der Waals surface area contributed by atoms with Gasteiger partial charge in [0.1, 0.15) is 0 Å². The Kier molecular flexibility index (Phi) is 1.96. The molecule has 2 aliphatic rings. The smallest absolute Gasteiger partial charge is 0.268 e. The number of aromatic amines is 1. The maximum absolute atomic E-state index is 11.6. The first kappa shape index (κ1) is 9.46. The Hall–Kier alpha value is -0.770. The molecule has 0 atom stereocenters. The van der Waals surface area contributed by atoms with Gasteiger partial charge in [0.15, 0.2) is 0 Å². The van der Waals surface area contributed by atoms with Crippen molar-refractivity contribution in [2.45, 2.75) is 42.9 Å². The summed E-state index contributed by atoms with van der Waals surface area (Å²) in [4.78, 5) is 12.8. The Bertz CT molecular complexity index is 462. The lowest BCUT2D eigenvalue weighted by Gasteiger charge is -2.19. The number of rotatable bonds is 1. The minimum Gasteiger partial charge on any atom is -0.268 e. The number of H-pyrrole nitrogens is 1. The molecule has 2 heterocycles. The van der Waals surface area contributed by atoms with E-state index in [0.29, 0.717) is 0 Å². The van der Waals surface area contributed by atoms with Crippen LogP contribution in [0.25, 0.3) is 0 Å². The molecule has 1 aromatic heterocycles. The molecule has 0 radical (unpaired) electrons. The minimum atomic E-state index is 0.0187. The van der Waals surface area contributed by atoms with E-state index in [-0.39, 0.29) is 11.0 Å². The second kappa shape index (κ2) is 3.11. The number of hydrogen-bond acceptors (Lipinski definition) is 3. The average molecular weight is 222 g/mol. The molecule has 4 heteroatoms. The van der Waals surface area contributed by atoms with Crippen LogP contribution < -0.4 is 5.56 Å². The first-order valence-corrected chi connectivity index (χ1v) is 6.44. The number of aromatic nitrogens is 2. The average Bonchev–Trinajstić information content (AvgIpc) is 2.98. The highest BCUT2D eigenvalue weighted by molar-refractivity contribution is 7.99. The van der Waals surface area contributed by atoms with Crippen LogP contribution in [0, 0.1) is 0 Å². The number of hydrogen-bond donors (Lipinski definition) is 1. The van der Waals surface area contributed by atoms with Gasteiger partial charge in [-0.05, 0) is 31.4 Å². The van der Waals surface area contributed by atoms with E-state index < -0.39 is 0 Å².